The average molecular weight is 406 g/mol. The summed E-state index contributed by atoms with van der Waals surface area (Å²) in [6, 6.07) is 8.65. The Morgan fingerprint density at radius 2 is 2.25 bits per heavy atom. The molecule has 0 aliphatic carbocycles. The molecule has 1 unspecified atom stereocenters. The molecule has 0 amide bonds. The Labute approximate surface area is 167 Å². The second kappa shape index (κ2) is 8.85. The zero-order chi connectivity index (χ0) is 18.6. The largest absolute Gasteiger partial charge is 0.485 e. The molecule has 0 bridgehead atoms. The van der Waals surface area contributed by atoms with Gasteiger partial charge in [0.15, 0.2) is 12.3 Å². The molecule has 2 aromatic heterocycles. The molecule has 2 N–H and O–H groups in total. The summed E-state index contributed by atoms with van der Waals surface area (Å²) in [7, 11) is 1.33. The zero-order valence-corrected chi connectivity index (χ0v) is 16.0. The Bertz CT molecular complexity index is 935. The van der Waals surface area contributed by atoms with Crippen molar-refractivity contribution >= 4 is 18.4 Å². The highest BCUT2D eigenvalue weighted by atomic mass is 35.5. The van der Waals surface area contributed by atoms with Crippen molar-refractivity contribution in [3.05, 3.63) is 47.4 Å². The molecule has 3 aromatic rings. The van der Waals surface area contributed by atoms with Gasteiger partial charge in [0.2, 0.25) is 5.82 Å². The van der Waals surface area contributed by atoms with Crippen molar-refractivity contribution in [2.45, 2.75) is 18.9 Å². The van der Waals surface area contributed by atoms with Crippen LogP contribution >= 0.6 is 12.4 Å². The Morgan fingerprint density at radius 3 is 3.04 bits per heavy atom. The van der Waals surface area contributed by atoms with Crippen molar-refractivity contribution in [1.29, 1.82) is 0 Å². The number of aromatic amines is 1. The van der Waals surface area contributed by atoms with Crippen molar-refractivity contribution in [2.24, 2.45) is 0 Å². The number of rotatable bonds is 6. The summed E-state index contributed by atoms with van der Waals surface area (Å²) >= 11 is 0. The Kier molecular flexibility index (Phi) is 6.27. The van der Waals surface area contributed by atoms with Gasteiger partial charge in [0.05, 0.1) is 12.7 Å². The van der Waals surface area contributed by atoms with Crippen LogP contribution < -0.4 is 10.1 Å². The lowest BCUT2D eigenvalue weighted by Gasteiger charge is -2.04. The monoisotopic (exact) mass is 405 g/mol. The fraction of sp³-hybridized carbons (Fsp3) is 0.333. The number of hydrogen-bond donors (Lipinski definition) is 2. The summed E-state index contributed by atoms with van der Waals surface area (Å²) < 4.78 is 15.6. The standard InChI is InChI=1S/C18H19N5O4.ClH/c1-25-18(24)11-3-2-4-13(7-11)26-10-16-20-17(27-23-16)15-8-14(21-22-15)12-5-6-19-9-12;/h2-4,7-8,12,19H,5-6,9-10H2,1H3,(H,21,22);1H. The number of ether oxygens (including phenoxy) is 2. The lowest BCUT2D eigenvalue weighted by molar-refractivity contribution is 0.0600. The molecular formula is C18H20ClN5O4. The first-order valence-electron chi connectivity index (χ1n) is 8.63. The fourth-order valence-corrected chi connectivity index (χ4v) is 2.97. The molecule has 1 aromatic carbocycles. The second-order valence-electron chi connectivity index (χ2n) is 6.22. The van der Waals surface area contributed by atoms with Gasteiger partial charge < -0.3 is 19.3 Å². The number of H-pyrrole nitrogens is 1. The summed E-state index contributed by atoms with van der Waals surface area (Å²) in [4.78, 5) is 15.9. The maximum atomic E-state index is 11.6. The Balaban J connectivity index is 0.00000225. The van der Waals surface area contributed by atoms with Crippen molar-refractivity contribution in [3.8, 4) is 17.3 Å². The van der Waals surface area contributed by atoms with E-state index in [9.17, 15) is 4.79 Å². The molecule has 3 heterocycles. The predicted octanol–water partition coefficient (Wildman–Crippen LogP) is 2.32. The van der Waals surface area contributed by atoms with Crippen molar-refractivity contribution < 1.29 is 18.8 Å². The fourth-order valence-electron chi connectivity index (χ4n) is 2.97. The molecule has 1 fully saturated rings. The minimum Gasteiger partial charge on any atom is -0.485 e. The van der Waals surface area contributed by atoms with E-state index in [4.69, 9.17) is 14.0 Å². The number of aromatic nitrogens is 4. The molecule has 1 atom stereocenters. The summed E-state index contributed by atoms with van der Waals surface area (Å²) in [6.45, 7) is 2.06. The van der Waals surface area contributed by atoms with Crippen LogP contribution in [-0.2, 0) is 11.3 Å². The van der Waals surface area contributed by atoms with E-state index < -0.39 is 5.97 Å². The molecule has 9 nitrogen and oxygen atoms in total. The highest BCUT2D eigenvalue weighted by Crippen LogP contribution is 2.24. The Hall–Kier alpha value is -2.91. The van der Waals surface area contributed by atoms with E-state index in [1.54, 1.807) is 24.3 Å². The third kappa shape index (κ3) is 4.32. The lowest BCUT2D eigenvalue weighted by atomic mass is 10.1. The van der Waals surface area contributed by atoms with Crippen LogP contribution in [0.1, 0.15) is 34.2 Å². The maximum Gasteiger partial charge on any atom is 0.337 e. The topological polar surface area (TPSA) is 115 Å². The van der Waals surface area contributed by atoms with E-state index in [1.807, 2.05) is 6.07 Å². The van der Waals surface area contributed by atoms with Gasteiger partial charge in [0, 0.05) is 18.2 Å². The lowest BCUT2D eigenvalue weighted by Crippen LogP contribution is -2.08. The van der Waals surface area contributed by atoms with Crippen LogP contribution in [0.3, 0.4) is 0 Å². The molecule has 1 saturated heterocycles. The summed E-state index contributed by atoms with van der Waals surface area (Å²) in [6.07, 6.45) is 1.08. The van der Waals surface area contributed by atoms with Gasteiger partial charge >= 0.3 is 5.97 Å². The minimum absolute atomic E-state index is 0. The number of nitrogens with zero attached hydrogens (tertiary/aromatic N) is 3. The van der Waals surface area contributed by atoms with E-state index in [0.717, 1.165) is 25.2 Å². The first-order chi connectivity index (χ1) is 13.2. The quantitative estimate of drug-likeness (QED) is 0.600. The van der Waals surface area contributed by atoms with Crippen LogP contribution in [0.5, 0.6) is 5.75 Å². The number of esters is 1. The normalized spacial score (nSPS) is 15.8. The highest BCUT2D eigenvalue weighted by molar-refractivity contribution is 5.89. The van der Waals surface area contributed by atoms with Gasteiger partial charge in [-0.15, -0.1) is 12.4 Å². The van der Waals surface area contributed by atoms with E-state index in [-0.39, 0.29) is 19.0 Å². The van der Waals surface area contributed by atoms with E-state index in [1.165, 1.54) is 7.11 Å². The average Bonchev–Trinajstić information content (AvgIpc) is 3.46. The molecule has 1 aliphatic heterocycles. The summed E-state index contributed by atoms with van der Waals surface area (Å²) in [5.41, 5.74) is 2.09. The van der Waals surface area contributed by atoms with Crippen LogP contribution in [0.2, 0.25) is 0 Å². The molecule has 0 saturated carbocycles. The third-order valence-electron chi connectivity index (χ3n) is 4.41. The molecule has 1 aliphatic rings. The van der Waals surface area contributed by atoms with Crippen LogP contribution in [0.15, 0.2) is 34.9 Å². The highest BCUT2D eigenvalue weighted by Gasteiger charge is 2.21. The first-order valence-corrected chi connectivity index (χ1v) is 8.63. The predicted molar refractivity (Wildman–Crippen MR) is 101 cm³/mol. The van der Waals surface area contributed by atoms with Crippen molar-refractivity contribution in [2.75, 3.05) is 20.2 Å². The van der Waals surface area contributed by atoms with Gasteiger partial charge in [-0.2, -0.15) is 10.1 Å². The number of hydrogen-bond acceptors (Lipinski definition) is 8. The number of methoxy groups -OCH3 is 1. The van der Waals surface area contributed by atoms with Gasteiger partial charge in [-0.05, 0) is 37.2 Å². The zero-order valence-electron chi connectivity index (χ0n) is 15.2. The number of nitrogens with one attached hydrogen (secondary N) is 2. The van der Waals surface area contributed by atoms with Crippen molar-refractivity contribution in [1.82, 2.24) is 25.7 Å². The van der Waals surface area contributed by atoms with Crippen LogP contribution in [0.4, 0.5) is 0 Å². The van der Waals surface area contributed by atoms with Crippen molar-refractivity contribution in [3.63, 3.8) is 0 Å². The van der Waals surface area contributed by atoms with E-state index in [2.05, 4.69) is 25.7 Å². The van der Waals surface area contributed by atoms with Crippen LogP contribution in [0, 0.1) is 0 Å². The molecule has 0 spiro atoms. The molecule has 148 valence electrons. The first kappa shape index (κ1) is 19.8. The van der Waals surface area contributed by atoms with Gasteiger partial charge in [-0.3, -0.25) is 5.10 Å². The van der Waals surface area contributed by atoms with Crippen LogP contribution in [0.25, 0.3) is 11.6 Å². The van der Waals surface area contributed by atoms with Gasteiger partial charge in [0.25, 0.3) is 5.89 Å². The third-order valence-corrected chi connectivity index (χ3v) is 4.41. The van der Waals surface area contributed by atoms with Crippen LogP contribution in [-0.4, -0.2) is 46.5 Å². The minimum atomic E-state index is -0.422. The summed E-state index contributed by atoms with van der Waals surface area (Å²) in [5.74, 6) is 1.25. The van der Waals surface area contributed by atoms with Gasteiger partial charge in [0.1, 0.15) is 5.75 Å². The summed E-state index contributed by atoms with van der Waals surface area (Å²) in [5, 5.41) is 14.5. The molecule has 28 heavy (non-hydrogen) atoms. The number of benzene rings is 1. The molecule has 4 rings (SSSR count). The number of carbonyl (C=O) groups is 1. The van der Waals surface area contributed by atoms with Gasteiger partial charge in [-0.1, -0.05) is 11.2 Å². The van der Waals surface area contributed by atoms with Gasteiger partial charge in [-0.25, -0.2) is 4.79 Å². The van der Waals surface area contributed by atoms with E-state index in [0.29, 0.717) is 34.6 Å². The Morgan fingerprint density at radius 1 is 1.36 bits per heavy atom. The maximum absolute atomic E-state index is 11.6. The smallest absolute Gasteiger partial charge is 0.337 e. The number of halogens is 1. The number of carbonyl (C=O) groups excluding carboxylic acids is 1. The van der Waals surface area contributed by atoms with E-state index >= 15 is 0 Å². The SMILES string of the molecule is COC(=O)c1cccc(OCc2noc(-c3cc(C4CCNC4)[nH]n3)n2)c1.Cl. The second-order valence-corrected chi connectivity index (χ2v) is 6.22. The molecular weight excluding hydrogens is 386 g/mol. The molecule has 10 heteroatoms. The molecule has 0 radical (unpaired) electrons.